The lowest BCUT2D eigenvalue weighted by Crippen LogP contribution is -2.25. The largest absolute Gasteiger partial charge is 0.294 e. The molecule has 0 saturated carbocycles. The second kappa shape index (κ2) is 8.15. The van der Waals surface area contributed by atoms with E-state index < -0.39 is 5.92 Å². The van der Waals surface area contributed by atoms with Gasteiger partial charge in [-0.2, -0.15) is 5.26 Å². The van der Waals surface area contributed by atoms with Crippen LogP contribution in [0.2, 0.25) is 10.0 Å². The van der Waals surface area contributed by atoms with Crippen molar-refractivity contribution in [3.63, 3.8) is 0 Å². The van der Waals surface area contributed by atoms with Crippen LogP contribution < -0.4 is 0 Å². The Balaban J connectivity index is 2.32. The molecule has 2 unspecified atom stereocenters. The molecule has 0 aliphatic heterocycles. The third-order valence-corrected chi connectivity index (χ3v) is 4.39. The molecule has 0 bridgehead atoms. The third kappa shape index (κ3) is 4.58. The number of nitriles is 1. The molecule has 2 aromatic rings. The molecule has 0 spiro atoms. The fourth-order valence-electron chi connectivity index (χ4n) is 2.61. The number of carbonyl (C=O) groups excluding carboxylic acids is 1. The maximum Gasteiger partial charge on any atom is 0.167 e. The van der Waals surface area contributed by atoms with E-state index in [4.69, 9.17) is 23.2 Å². The van der Waals surface area contributed by atoms with Gasteiger partial charge in [-0.1, -0.05) is 54.4 Å². The van der Waals surface area contributed by atoms with Crippen LogP contribution in [-0.4, -0.2) is 5.78 Å². The zero-order chi connectivity index (χ0) is 16.8. The molecule has 2 rings (SSSR count). The van der Waals surface area contributed by atoms with E-state index in [1.54, 1.807) is 36.4 Å². The van der Waals surface area contributed by atoms with Gasteiger partial charge in [-0.3, -0.25) is 4.79 Å². The Kier molecular flexibility index (Phi) is 6.21. The topological polar surface area (TPSA) is 40.9 Å². The molecule has 2 nitrogen and oxygen atoms in total. The summed E-state index contributed by atoms with van der Waals surface area (Å²) in [6.07, 6.45) is 1.13. The first-order valence-electron chi connectivity index (χ1n) is 7.49. The third-order valence-electron chi connectivity index (χ3n) is 3.91. The summed E-state index contributed by atoms with van der Waals surface area (Å²) in [4.78, 5) is 12.9. The molecule has 0 saturated heterocycles. The van der Waals surface area contributed by atoms with E-state index in [1.807, 2.05) is 19.1 Å². The summed E-state index contributed by atoms with van der Waals surface area (Å²) in [5.41, 5.74) is 1.54. The Labute approximate surface area is 146 Å². The lowest BCUT2D eigenvalue weighted by Gasteiger charge is -2.20. The van der Waals surface area contributed by atoms with E-state index in [-0.39, 0.29) is 11.7 Å². The van der Waals surface area contributed by atoms with Crippen molar-refractivity contribution in [3.8, 4) is 6.07 Å². The van der Waals surface area contributed by atoms with E-state index in [2.05, 4.69) is 6.07 Å². The van der Waals surface area contributed by atoms with Crippen LogP contribution in [0.25, 0.3) is 0 Å². The average molecular weight is 346 g/mol. The Morgan fingerprint density at radius 2 is 1.83 bits per heavy atom. The van der Waals surface area contributed by atoms with Crippen LogP contribution in [0.15, 0.2) is 48.5 Å². The van der Waals surface area contributed by atoms with Crippen molar-refractivity contribution in [2.75, 3.05) is 0 Å². The first kappa shape index (κ1) is 17.5. The number of Topliss-reactive ketones (excluding diaryl/α,β-unsaturated/α-hetero) is 1. The van der Waals surface area contributed by atoms with Gasteiger partial charge in [0.1, 0.15) is 0 Å². The highest BCUT2D eigenvalue weighted by Crippen LogP contribution is 2.26. The maximum absolute atomic E-state index is 12.9. The lowest BCUT2D eigenvalue weighted by atomic mass is 9.81. The molecule has 2 aromatic carbocycles. The molecule has 0 aliphatic carbocycles. The molecule has 0 radical (unpaired) electrons. The molecule has 0 amide bonds. The van der Waals surface area contributed by atoms with E-state index in [0.717, 1.165) is 5.56 Å². The zero-order valence-electron chi connectivity index (χ0n) is 12.8. The monoisotopic (exact) mass is 345 g/mol. The summed E-state index contributed by atoms with van der Waals surface area (Å²) in [6, 6.07) is 16.5. The van der Waals surface area contributed by atoms with Gasteiger partial charge in [0.05, 0.1) is 12.0 Å². The van der Waals surface area contributed by atoms with Crippen molar-refractivity contribution in [2.24, 2.45) is 11.8 Å². The minimum atomic E-state index is -0.398. The molecule has 0 N–H and O–H groups in total. The Hall–Kier alpha value is -1.82. The molecular formula is C19H17Cl2NO. The number of benzene rings is 2. The Morgan fingerprint density at radius 3 is 2.39 bits per heavy atom. The second-order valence-corrected chi connectivity index (χ2v) is 6.33. The number of hydrogen-bond donors (Lipinski definition) is 0. The smallest absolute Gasteiger partial charge is 0.167 e. The van der Waals surface area contributed by atoms with Gasteiger partial charge in [0.15, 0.2) is 5.78 Å². The standard InChI is InChI=1S/C19H17Cl2NO/c1-2-14(12-22)18(10-13-6-8-16(20)9-7-13)19(23)15-4-3-5-17(21)11-15/h3-9,11,14,18H,2,10H2,1H3. The van der Waals surface area contributed by atoms with E-state index in [0.29, 0.717) is 28.5 Å². The molecule has 0 heterocycles. The summed E-state index contributed by atoms with van der Waals surface area (Å²) in [6.45, 7) is 1.92. The van der Waals surface area contributed by atoms with Crippen molar-refractivity contribution in [1.29, 1.82) is 5.26 Å². The highest BCUT2D eigenvalue weighted by atomic mass is 35.5. The number of ketones is 1. The van der Waals surface area contributed by atoms with Gasteiger partial charge in [-0.15, -0.1) is 0 Å². The number of hydrogen-bond acceptors (Lipinski definition) is 2. The molecule has 118 valence electrons. The summed E-state index contributed by atoms with van der Waals surface area (Å²) in [7, 11) is 0. The molecule has 23 heavy (non-hydrogen) atoms. The number of rotatable bonds is 6. The lowest BCUT2D eigenvalue weighted by molar-refractivity contribution is 0.0889. The minimum absolute atomic E-state index is 0.0455. The average Bonchev–Trinajstić information content (AvgIpc) is 2.56. The van der Waals surface area contributed by atoms with E-state index in [9.17, 15) is 10.1 Å². The molecular weight excluding hydrogens is 329 g/mol. The van der Waals surface area contributed by atoms with Gasteiger partial charge in [-0.05, 0) is 42.7 Å². The van der Waals surface area contributed by atoms with E-state index >= 15 is 0 Å². The highest BCUT2D eigenvalue weighted by Gasteiger charge is 2.28. The summed E-state index contributed by atoms with van der Waals surface area (Å²) in [5.74, 6) is -0.780. The fourth-order valence-corrected chi connectivity index (χ4v) is 2.93. The van der Waals surface area contributed by atoms with Gasteiger partial charge < -0.3 is 0 Å². The van der Waals surface area contributed by atoms with Crippen molar-refractivity contribution in [3.05, 3.63) is 69.7 Å². The van der Waals surface area contributed by atoms with Crippen LogP contribution >= 0.6 is 23.2 Å². The number of nitrogens with zero attached hydrogens (tertiary/aromatic N) is 1. The second-order valence-electron chi connectivity index (χ2n) is 5.46. The van der Waals surface area contributed by atoms with Crippen molar-refractivity contribution < 1.29 is 4.79 Å². The minimum Gasteiger partial charge on any atom is -0.294 e. The van der Waals surface area contributed by atoms with Crippen LogP contribution in [0, 0.1) is 23.2 Å². The van der Waals surface area contributed by atoms with Gasteiger partial charge in [-0.25, -0.2) is 0 Å². The molecule has 2 atom stereocenters. The first-order chi connectivity index (χ1) is 11.0. The van der Waals surface area contributed by atoms with Crippen LogP contribution in [0.5, 0.6) is 0 Å². The van der Waals surface area contributed by atoms with Gasteiger partial charge in [0.2, 0.25) is 0 Å². The van der Waals surface area contributed by atoms with Crippen LogP contribution in [0.3, 0.4) is 0 Å². The maximum atomic E-state index is 12.9. The number of carbonyl (C=O) groups is 1. The summed E-state index contributed by atoms with van der Waals surface area (Å²) >= 11 is 11.9. The van der Waals surface area contributed by atoms with Crippen molar-refractivity contribution in [2.45, 2.75) is 19.8 Å². The molecule has 0 aromatic heterocycles. The van der Waals surface area contributed by atoms with Gasteiger partial charge >= 0.3 is 0 Å². The summed E-state index contributed by atoms with van der Waals surface area (Å²) in [5, 5.41) is 10.6. The number of halogens is 2. The van der Waals surface area contributed by atoms with Gasteiger partial charge in [0, 0.05) is 21.5 Å². The van der Waals surface area contributed by atoms with Crippen LogP contribution in [0.1, 0.15) is 29.3 Å². The van der Waals surface area contributed by atoms with Crippen molar-refractivity contribution in [1.82, 2.24) is 0 Å². The van der Waals surface area contributed by atoms with Crippen LogP contribution in [0.4, 0.5) is 0 Å². The molecule has 0 aliphatic rings. The summed E-state index contributed by atoms with van der Waals surface area (Å²) < 4.78 is 0. The SMILES string of the molecule is CCC(C#N)C(Cc1ccc(Cl)cc1)C(=O)c1cccc(Cl)c1. The van der Waals surface area contributed by atoms with Crippen molar-refractivity contribution >= 4 is 29.0 Å². The fraction of sp³-hybridized carbons (Fsp3) is 0.263. The molecule has 4 heteroatoms. The predicted octanol–water partition coefficient (Wildman–Crippen LogP) is 5.58. The van der Waals surface area contributed by atoms with Crippen LogP contribution in [-0.2, 0) is 6.42 Å². The van der Waals surface area contributed by atoms with E-state index in [1.165, 1.54) is 0 Å². The molecule has 0 fully saturated rings. The first-order valence-corrected chi connectivity index (χ1v) is 8.24. The normalized spacial score (nSPS) is 13.1. The zero-order valence-corrected chi connectivity index (χ0v) is 14.3. The highest BCUT2D eigenvalue weighted by molar-refractivity contribution is 6.31. The Bertz CT molecular complexity index is 719. The quantitative estimate of drug-likeness (QED) is 0.640. The predicted molar refractivity (Wildman–Crippen MR) is 93.8 cm³/mol. The van der Waals surface area contributed by atoms with Gasteiger partial charge in [0.25, 0.3) is 0 Å². The Morgan fingerprint density at radius 1 is 1.13 bits per heavy atom.